The maximum Gasteiger partial charge on any atom is 0.102 e. The van der Waals surface area contributed by atoms with Crippen LogP contribution in [0.2, 0.25) is 0 Å². The van der Waals surface area contributed by atoms with E-state index in [-0.39, 0.29) is 5.41 Å². The van der Waals surface area contributed by atoms with Crippen molar-refractivity contribution >= 4 is 0 Å². The lowest BCUT2D eigenvalue weighted by atomic mass is 9.78. The van der Waals surface area contributed by atoms with E-state index in [1.165, 1.54) is 43.4 Å². The van der Waals surface area contributed by atoms with Crippen molar-refractivity contribution in [1.82, 2.24) is 9.97 Å². The number of ether oxygens (including phenoxy) is 1. The molecule has 0 unspecified atom stereocenters. The molecule has 0 radical (unpaired) electrons. The molecule has 146 valence electrons. The second-order valence-corrected chi connectivity index (χ2v) is 8.41. The van der Waals surface area contributed by atoms with Gasteiger partial charge in [-0.05, 0) is 68.7 Å². The molecule has 2 aromatic heterocycles. The minimum atomic E-state index is -0.127. The predicted molar refractivity (Wildman–Crippen MR) is 110 cm³/mol. The van der Waals surface area contributed by atoms with Crippen LogP contribution in [0.15, 0.2) is 18.3 Å². The average molecular weight is 376 g/mol. The van der Waals surface area contributed by atoms with Gasteiger partial charge in [-0.3, -0.25) is 9.97 Å². The molecule has 4 nitrogen and oxygen atoms in total. The summed E-state index contributed by atoms with van der Waals surface area (Å²) in [4.78, 5) is 9.58. The zero-order valence-electron chi connectivity index (χ0n) is 17.1. The average Bonchev–Trinajstić information content (AvgIpc) is 3.04. The summed E-state index contributed by atoms with van der Waals surface area (Å²) < 4.78 is 5.66. The molecule has 28 heavy (non-hydrogen) atoms. The van der Waals surface area contributed by atoms with Crippen LogP contribution in [0.5, 0.6) is 0 Å². The van der Waals surface area contributed by atoms with Gasteiger partial charge in [-0.25, -0.2) is 0 Å². The predicted octanol–water partition coefficient (Wildman–Crippen LogP) is 5.05. The van der Waals surface area contributed by atoms with Crippen LogP contribution in [-0.4, -0.2) is 23.7 Å². The van der Waals surface area contributed by atoms with E-state index in [0.29, 0.717) is 6.61 Å². The highest BCUT2D eigenvalue weighted by Gasteiger charge is 2.40. The number of hydrogen-bond donors (Lipinski definition) is 0. The lowest BCUT2D eigenvalue weighted by molar-refractivity contribution is 0.129. The second-order valence-electron chi connectivity index (χ2n) is 8.41. The largest absolute Gasteiger partial charge is 0.384 e. The Balaban J connectivity index is 2.02. The molecule has 2 aliphatic carbocycles. The molecular formula is C24H29N3O. The van der Waals surface area contributed by atoms with Crippen LogP contribution in [0.4, 0.5) is 0 Å². The number of methoxy groups -OCH3 is 1. The number of hydrogen-bond acceptors (Lipinski definition) is 4. The molecule has 2 aromatic rings. The summed E-state index contributed by atoms with van der Waals surface area (Å²) in [7, 11) is 1.77. The van der Waals surface area contributed by atoms with Gasteiger partial charge in [0.05, 0.1) is 17.9 Å². The molecule has 0 bridgehead atoms. The summed E-state index contributed by atoms with van der Waals surface area (Å²) >= 11 is 0. The number of aromatic nitrogens is 2. The van der Waals surface area contributed by atoms with Crippen LogP contribution in [0.1, 0.15) is 73.2 Å². The zero-order chi connectivity index (χ0) is 19.6. The van der Waals surface area contributed by atoms with Gasteiger partial charge >= 0.3 is 0 Å². The van der Waals surface area contributed by atoms with E-state index in [4.69, 9.17) is 9.72 Å². The van der Waals surface area contributed by atoms with Crippen molar-refractivity contribution < 1.29 is 4.74 Å². The molecule has 0 N–H and O–H groups in total. The van der Waals surface area contributed by atoms with Crippen LogP contribution >= 0.6 is 0 Å². The van der Waals surface area contributed by atoms with Gasteiger partial charge in [0.15, 0.2) is 0 Å². The lowest BCUT2D eigenvalue weighted by Crippen LogP contribution is -2.31. The molecule has 4 rings (SSSR count). The monoisotopic (exact) mass is 375 g/mol. The normalized spacial score (nSPS) is 18.3. The van der Waals surface area contributed by atoms with Crippen LogP contribution in [-0.2, 0) is 23.0 Å². The molecule has 4 heteroatoms. The second kappa shape index (κ2) is 8.01. The van der Waals surface area contributed by atoms with Crippen molar-refractivity contribution in [2.45, 2.75) is 70.1 Å². The number of pyridine rings is 2. The van der Waals surface area contributed by atoms with Crippen molar-refractivity contribution in [2.24, 2.45) is 0 Å². The Bertz CT molecular complexity index is 907. The standard InChI is InChI=1S/C24H29N3O/c1-17-14-18(10-13-26-17)22-19-8-4-3-5-9-21(19)27-23(20(22)15-25)24(16-28-2)11-6-7-12-24/h10,13-14H,3-9,11-12,16H2,1-2H3. The molecule has 0 atom stereocenters. The van der Waals surface area contributed by atoms with E-state index in [0.717, 1.165) is 53.8 Å². The minimum absolute atomic E-state index is 0.127. The van der Waals surface area contributed by atoms with Crippen molar-refractivity contribution in [2.75, 3.05) is 13.7 Å². The molecule has 1 saturated carbocycles. The van der Waals surface area contributed by atoms with E-state index in [1.807, 2.05) is 13.1 Å². The van der Waals surface area contributed by atoms with Gasteiger partial charge in [-0.1, -0.05) is 19.3 Å². The van der Waals surface area contributed by atoms with Crippen molar-refractivity contribution in [3.8, 4) is 17.2 Å². The quantitative estimate of drug-likeness (QED) is 0.702. The fourth-order valence-corrected chi connectivity index (χ4v) is 5.21. The maximum absolute atomic E-state index is 10.3. The molecule has 0 spiro atoms. The first-order chi connectivity index (χ1) is 13.7. The van der Waals surface area contributed by atoms with Gasteiger partial charge in [-0.2, -0.15) is 5.26 Å². The topological polar surface area (TPSA) is 58.8 Å². The summed E-state index contributed by atoms with van der Waals surface area (Å²) in [6.07, 6.45) is 11.9. The first-order valence-corrected chi connectivity index (χ1v) is 10.6. The van der Waals surface area contributed by atoms with Crippen molar-refractivity contribution in [3.05, 3.63) is 46.5 Å². The van der Waals surface area contributed by atoms with E-state index in [1.54, 1.807) is 7.11 Å². The number of aryl methyl sites for hydroxylation is 2. The van der Waals surface area contributed by atoms with Gasteiger partial charge in [0.1, 0.15) is 6.07 Å². The highest BCUT2D eigenvalue weighted by Crippen LogP contribution is 2.45. The number of nitriles is 1. The minimum Gasteiger partial charge on any atom is -0.384 e. The van der Waals surface area contributed by atoms with Crippen LogP contribution < -0.4 is 0 Å². The lowest BCUT2D eigenvalue weighted by Gasteiger charge is -2.31. The third-order valence-corrected chi connectivity index (χ3v) is 6.50. The van der Waals surface area contributed by atoms with Gasteiger partial charge in [-0.15, -0.1) is 0 Å². The molecule has 0 saturated heterocycles. The van der Waals surface area contributed by atoms with Gasteiger partial charge in [0.25, 0.3) is 0 Å². The van der Waals surface area contributed by atoms with Crippen LogP contribution in [0, 0.1) is 18.3 Å². The summed E-state index contributed by atoms with van der Waals surface area (Å²) in [5.74, 6) is 0. The molecule has 2 aliphatic rings. The Hall–Kier alpha value is -2.25. The van der Waals surface area contributed by atoms with Gasteiger partial charge < -0.3 is 4.74 Å². The SMILES string of the molecule is COCC1(c2nc3c(c(-c4ccnc(C)c4)c2C#N)CCCCC3)CCCC1. The summed E-state index contributed by atoms with van der Waals surface area (Å²) in [6, 6.07) is 6.74. The number of nitrogens with zero attached hydrogens (tertiary/aromatic N) is 3. The Kier molecular flexibility index (Phi) is 5.46. The van der Waals surface area contributed by atoms with Gasteiger partial charge in [0, 0.05) is 35.7 Å². The Morgan fingerprint density at radius 3 is 2.64 bits per heavy atom. The van der Waals surface area contributed by atoms with Crippen molar-refractivity contribution in [1.29, 1.82) is 5.26 Å². The number of rotatable bonds is 4. The molecule has 0 aromatic carbocycles. The van der Waals surface area contributed by atoms with E-state index >= 15 is 0 Å². The molecule has 1 fully saturated rings. The highest BCUT2D eigenvalue weighted by molar-refractivity contribution is 5.76. The Labute approximate surface area is 168 Å². The first kappa shape index (κ1) is 19.1. The fraction of sp³-hybridized carbons (Fsp3) is 0.542. The summed E-state index contributed by atoms with van der Waals surface area (Å²) in [5.41, 5.74) is 7.32. The third kappa shape index (κ3) is 3.33. The summed E-state index contributed by atoms with van der Waals surface area (Å²) in [6.45, 7) is 2.65. The third-order valence-electron chi connectivity index (χ3n) is 6.50. The van der Waals surface area contributed by atoms with Gasteiger partial charge in [0.2, 0.25) is 0 Å². The smallest absolute Gasteiger partial charge is 0.102 e. The Morgan fingerprint density at radius 2 is 1.93 bits per heavy atom. The number of fused-ring (bicyclic) bond motifs is 1. The first-order valence-electron chi connectivity index (χ1n) is 10.6. The molecule has 2 heterocycles. The molecule has 0 amide bonds. The van der Waals surface area contributed by atoms with Crippen LogP contribution in [0.3, 0.4) is 0 Å². The summed E-state index contributed by atoms with van der Waals surface area (Å²) in [5, 5.41) is 10.3. The van der Waals surface area contributed by atoms with E-state index in [9.17, 15) is 5.26 Å². The highest BCUT2D eigenvalue weighted by atomic mass is 16.5. The van der Waals surface area contributed by atoms with Crippen molar-refractivity contribution in [3.63, 3.8) is 0 Å². The molecule has 0 aliphatic heterocycles. The fourth-order valence-electron chi connectivity index (χ4n) is 5.21. The molecular weight excluding hydrogens is 346 g/mol. The van der Waals surface area contributed by atoms with E-state index in [2.05, 4.69) is 23.2 Å². The van der Waals surface area contributed by atoms with E-state index < -0.39 is 0 Å². The maximum atomic E-state index is 10.3. The zero-order valence-corrected chi connectivity index (χ0v) is 17.1. The van der Waals surface area contributed by atoms with Crippen LogP contribution in [0.25, 0.3) is 11.1 Å². The Morgan fingerprint density at radius 1 is 1.14 bits per heavy atom.